The number of hydrogen-bond donors (Lipinski definition) is 2. The average molecular weight is 337 g/mol. The summed E-state index contributed by atoms with van der Waals surface area (Å²) in [5, 5.41) is 15.0. The highest BCUT2D eigenvalue weighted by atomic mass is 32.1. The second kappa shape index (κ2) is 7.90. The van der Waals surface area contributed by atoms with Crippen molar-refractivity contribution in [2.24, 2.45) is 0 Å². The van der Waals surface area contributed by atoms with Crippen LogP contribution in [0.2, 0.25) is 0 Å². The van der Waals surface area contributed by atoms with E-state index in [9.17, 15) is 9.90 Å². The van der Waals surface area contributed by atoms with E-state index < -0.39 is 6.10 Å². The quantitative estimate of drug-likeness (QED) is 0.720. The molecular formula is C20H19NO2S. The molecule has 1 amide bonds. The van der Waals surface area contributed by atoms with Crippen LogP contribution in [0.25, 0.3) is 0 Å². The van der Waals surface area contributed by atoms with Crippen molar-refractivity contribution in [3.05, 3.63) is 94.2 Å². The molecule has 1 atom stereocenters. The molecule has 0 aliphatic rings. The van der Waals surface area contributed by atoms with Crippen molar-refractivity contribution >= 4 is 17.2 Å². The molecule has 2 aromatic carbocycles. The van der Waals surface area contributed by atoms with E-state index >= 15 is 0 Å². The Morgan fingerprint density at radius 3 is 2.00 bits per heavy atom. The van der Waals surface area contributed by atoms with Crippen molar-refractivity contribution in [2.75, 3.05) is 6.54 Å². The lowest BCUT2D eigenvalue weighted by Crippen LogP contribution is -2.33. The monoisotopic (exact) mass is 337 g/mol. The molecule has 3 aromatic rings. The van der Waals surface area contributed by atoms with Gasteiger partial charge in [0, 0.05) is 11.4 Å². The normalized spacial score (nSPS) is 12.1. The van der Waals surface area contributed by atoms with Gasteiger partial charge in [-0.2, -0.15) is 0 Å². The molecule has 0 bridgehead atoms. The fourth-order valence-corrected chi connectivity index (χ4v) is 3.38. The number of rotatable bonds is 6. The van der Waals surface area contributed by atoms with Gasteiger partial charge in [0.2, 0.25) is 5.91 Å². The van der Waals surface area contributed by atoms with Gasteiger partial charge in [0.1, 0.15) is 6.10 Å². The standard InChI is InChI=1S/C20H19NO2S/c22-17(18-12-7-13-24-18)14-21-20(23)19(15-8-3-1-4-9-15)16-10-5-2-6-11-16/h1-13,17,19,22H,14H2,(H,21,23). The minimum atomic E-state index is -0.679. The maximum Gasteiger partial charge on any atom is 0.232 e. The van der Waals surface area contributed by atoms with Crippen LogP contribution in [0.3, 0.4) is 0 Å². The van der Waals surface area contributed by atoms with Gasteiger partial charge in [-0.15, -0.1) is 11.3 Å². The van der Waals surface area contributed by atoms with Gasteiger partial charge in [-0.25, -0.2) is 0 Å². The summed E-state index contributed by atoms with van der Waals surface area (Å²) in [5.74, 6) is -0.494. The zero-order valence-electron chi connectivity index (χ0n) is 13.1. The third kappa shape index (κ3) is 3.91. The van der Waals surface area contributed by atoms with Crippen molar-refractivity contribution in [1.82, 2.24) is 5.32 Å². The van der Waals surface area contributed by atoms with Crippen LogP contribution < -0.4 is 5.32 Å². The third-order valence-corrected chi connectivity index (χ3v) is 4.84. The van der Waals surface area contributed by atoms with E-state index in [2.05, 4.69) is 5.32 Å². The van der Waals surface area contributed by atoms with Crippen molar-refractivity contribution in [3.63, 3.8) is 0 Å². The molecule has 0 radical (unpaired) electrons. The average Bonchev–Trinajstić information content (AvgIpc) is 3.16. The first-order valence-corrected chi connectivity index (χ1v) is 8.73. The lowest BCUT2D eigenvalue weighted by atomic mass is 9.90. The molecule has 1 heterocycles. The Morgan fingerprint density at radius 2 is 1.50 bits per heavy atom. The summed E-state index contributed by atoms with van der Waals surface area (Å²) in [5.41, 5.74) is 1.87. The highest BCUT2D eigenvalue weighted by Crippen LogP contribution is 2.25. The third-order valence-electron chi connectivity index (χ3n) is 3.87. The highest BCUT2D eigenvalue weighted by molar-refractivity contribution is 7.10. The molecule has 1 aromatic heterocycles. The Bertz CT molecular complexity index is 717. The Balaban J connectivity index is 1.77. The first kappa shape index (κ1) is 16.4. The number of carbonyl (C=O) groups excluding carboxylic acids is 1. The number of benzene rings is 2. The smallest absolute Gasteiger partial charge is 0.232 e. The molecule has 3 rings (SSSR count). The lowest BCUT2D eigenvalue weighted by Gasteiger charge is -2.19. The van der Waals surface area contributed by atoms with Crippen LogP contribution in [0.1, 0.15) is 28.0 Å². The molecule has 1 unspecified atom stereocenters. The summed E-state index contributed by atoms with van der Waals surface area (Å²) in [6, 6.07) is 23.2. The van der Waals surface area contributed by atoms with Crippen molar-refractivity contribution in [1.29, 1.82) is 0 Å². The van der Waals surface area contributed by atoms with E-state index in [0.29, 0.717) is 0 Å². The van der Waals surface area contributed by atoms with Gasteiger partial charge in [-0.05, 0) is 22.6 Å². The molecule has 2 N–H and O–H groups in total. The number of aliphatic hydroxyl groups excluding tert-OH is 1. The van der Waals surface area contributed by atoms with Gasteiger partial charge in [0.15, 0.2) is 0 Å². The van der Waals surface area contributed by atoms with Gasteiger partial charge in [-0.1, -0.05) is 66.7 Å². The molecular weight excluding hydrogens is 318 g/mol. The molecule has 122 valence electrons. The van der Waals surface area contributed by atoms with Crippen LogP contribution in [0.15, 0.2) is 78.2 Å². The zero-order valence-corrected chi connectivity index (χ0v) is 13.9. The summed E-state index contributed by atoms with van der Waals surface area (Å²) in [4.78, 5) is 13.7. The van der Waals surface area contributed by atoms with Crippen molar-refractivity contribution in [3.8, 4) is 0 Å². The van der Waals surface area contributed by atoms with E-state index in [-0.39, 0.29) is 18.4 Å². The molecule has 3 nitrogen and oxygen atoms in total. The number of carbonyl (C=O) groups is 1. The maximum absolute atomic E-state index is 12.8. The molecule has 0 spiro atoms. The lowest BCUT2D eigenvalue weighted by molar-refractivity contribution is -0.122. The fraction of sp³-hybridized carbons (Fsp3) is 0.150. The first-order valence-electron chi connectivity index (χ1n) is 7.85. The minimum absolute atomic E-state index is 0.108. The van der Waals surface area contributed by atoms with Gasteiger partial charge < -0.3 is 10.4 Å². The number of nitrogens with one attached hydrogen (secondary N) is 1. The highest BCUT2D eigenvalue weighted by Gasteiger charge is 2.23. The number of hydrogen-bond acceptors (Lipinski definition) is 3. The summed E-state index contributed by atoms with van der Waals surface area (Å²) in [6.45, 7) is 0.204. The summed E-state index contributed by atoms with van der Waals surface area (Å²) in [6.07, 6.45) is -0.679. The fourth-order valence-electron chi connectivity index (χ4n) is 2.67. The Labute approximate surface area is 145 Å². The molecule has 4 heteroatoms. The minimum Gasteiger partial charge on any atom is -0.386 e. The van der Waals surface area contributed by atoms with Crippen LogP contribution in [0, 0.1) is 0 Å². The van der Waals surface area contributed by atoms with E-state index in [4.69, 9.17) is 0 Å². The van der Waals surface area contributed by atoms with Crippen LogP contribution in [0.4, 0.5) is 0 Å². The Morgan fingerprint density at radius 1 is 0.917 bits per heavy atom. The molecule has 0 saturated heterocycles. The predicted molar refractivity (Wildman–Crippen MR) is 97.0 cm³/mol. The van der Waals surface area contributed by atoms with Crippen molar-refractivity contribution in [2.45, 2.75) is 12.0 Å². The SMILES string of the molecule is O=C(NCC(O)c1cccs1)C(c1ccccc1)c1ccccc1. The molecule has 24 heavy (non-hydrogen) atoms. The van der Waals surface area contributed by atoms with Gasteiger partial charge in [0.25, 0.3) is 0 Å². The van der Waals surface area contributed by atoms with E-state index in [1.807, 2.05) is 78.2 Å². The molecule has 0 fully saturated rings. The molecule has 0 aliphatic carbocycles. The summed E-state index contributed by atoms with van der Waals surface area (Å²) >= 11 is 1.48. The number of thiophene rings is 1. The van der Waals surface area contributed by atoms with E-state index in [1.165, 1.54) is 11.3 Å². The van der Waals surface area contributed by atoms with E-state index in [1.54, 1.807) is 0 Å². The molecule has 0 aliphatic heterocycles. The zero-order chi connectivity index (χ0) is 16.8. The van der Waals surface area contributed by atoms with Crippen LogP contribution in [0.5, 0.6) is 0 Å². The van der Waals surface area contributed by atoms with Crippen LogP contribution >= 0.6 is 11.3 Å². The second-order valence-electron chi connectivity index (χ2n) is 5.53. The predicted octanol–water partition coefficient (Wildman–Crippen LogP) is 3.73. The largest absolute Gasteiger partial charge is 0.386 e. The Hall–Kier alpha value is -2.43. The summed E-state index contributed by atoms with van der Waals surface area (Å²) < 4.78 is 0. The topological polar surface area (TPSA) is 49.3 Å². The molecule has 0 saturated carbocycles. The van der Waals surface area contributed by atoms with Gasteiger partial charge in [-0.3, -0.25) is 4.79 Å². The van der Waals surface area contributed by atoms with Crippen LogP contribution in [-0.4, -0.2) is 17.6 Å². The van der Waals surface area contributed by atoms with Gasteiger partial charge in [0.05, 0.1) is 5.92 Å². The number of aliphatic hydroxyl groups is 1. The van der Waals surface area contributed by atoms with Gasteiger partial charge >= 0.3 is 0 Å². The summed E-state index contributed by atoms with van der Waals surface area (Å²) in [7, 11) is 0. The number of amides is 1. The van der Waals surface area contributed by atoms with Crippen LogP contribution in [-0.2, 0) is 4.79 Å². The Kier molecular flexibility index (Phi) is 5.41. The second-order valence-corrected chi connectivity index (χ2v) is 6.51. The maximum atomic E-state index is 12.8. The van der Waals surface area contributed by atoms with E-state index in [0.717, 1.165) is 16.0 Å². The first-order chi connectivity index (χ1) is 11.8. The van der Waals surface area contributed by atoms with Crippen molar-refractivity contribution < 1.29 is 9.90 Å².